The smallest absolute Gasteiger partial charge is 0.386 e. The van der Waals surface area contributed by atoms with Gasteiger partial charge in [0.2, 0.25) is 10.0 Å². The Bertz CT molecular complexity index is 1010. The summed E-state index contributed by atoms with van der Waals surface area (Å²) < 4.78 is 65.2. The molecule has 0 amide bonds. The summed E-state index contributed by atoms with van der Waals surface area (Å²) in [7, 11) is -2.38. The van der Waals surface area contributed by atoms with Crippen molar-refractivity contribution in [3.63, 3.8) is 0 Å². The molecule has 1 aliphatic heterocycles. The van der Waals surface area contributed by atoms with Crippen LogP contribution < -0.4 is 10.0 Å². The molecule has 0 spiro atoms. The van der Waals surface area contributed by atoms with Gasteiger partial charge >= 0.3 is 6.18 Å². The van der Waals surface area contributed by atoms with Gasteiger partial charge in [0.15, 0.2) is 6.10 Å². The zero-order chi connectivity index (χ0) is 20.5. The van der Waals surface area contributed by atoms with Crippen molar-refractivity contribution in [3.05, 3.63) is 53.6 Å². The Morgan fingerprint density at radius 2 is 1.86 bits per heavy atom. The van der Waals surface area contributed by atoms with Gasteiger partial charge in [-0.05, 0) is 65.4 Å². The predicted octanol–water partition coefficient (Wildman–Crippen LogP) is 4.53. The molecule has 1 heterocycles. The van der Waals surface area contributed by atoms with Crippen molar-refractivity contribution in [2.24, 2.45) is 5.16 Å². The van der Waals surface area contributed by atoms with Crippen molar-refractivity contribution < 1.29 is 26.4 Å². The Kier molecular flexibility index (Phi) is 5.69. The van der Waals surface area contributed by atoms with E-state index < -0.39 is 27.9 Å². The lowest BCUT2D eigenvalue weighted by Gasteiger charge is -2.17. The molecule has 2 aromatic rings. The zero-order valence-corrected chi connectivity index (χ0v) is 16.8. The molecule has 28 heavy (non-hydrogen) atoms. The average Bonchev–Trinajstić information content (AvgIpc) is 3.08. The van der Waals surface area contributed by atoms with Crippen molar-refractivity contribution in [2.45, 2.75) is 23.6 Å². The van der Waals surface area contributed by atoms with E-state index in [1.165, 1.54) is 37.4 Å². The first-order valence-electron chi connectivity index (χ1n) is 8.00. The second-order valence-corrected chi connectivity index (χ2v) is 8.72. The minimum atomic E-state index is -4.42. The lowest BCUT2D eigenvalue weighted by molar-refractivity contribution is -0.137. The molecule has 0 saturated heterocycles. The van der Waals surface area contributed by atoms with Crippen LogP contribution in [0.4, 0.5) is 24.5 Å². The molecule has 0 unspecified atom stereocenters. The number of benzene rings is 2. The van der Waals surface area contributed by atoms with Crippen LogP contribution in [0.2, 0.25) is 0 Å². The monoisotopic (exact) mass is 477 g/mol. The maximum atomic E-state index is 12.7. The van der Waals surface area contributed by atoms with Crippen LogP contribution >= 0.6 is 15.9 Å². The minimum Gasteiger partial charge on any atom is -0.386 e. The van der Waals surface area contributed by atoms with Gasteiger partial charge in [-0.3, -0.25) is 0 Å². The molecular formula is C17H15BrF3N3O3S. The number of anilines is 2. The van der Waals surface area contributed by atoms with E-state index in [1.54, 1.807) is 0 Å². The van der Waals surface area contributed by atoms with E-state index in [9.17, 15) is 21.6 Å². The number of rotatable bonds is 5. The van der Waals surface area contributed by atoms with E-state index in [2.05, 4.69) is 31.1 Å². The minimum absolute atomic E-state index is 0.0367. The molecule has 1 atom stereocenters. The van der Waals surface area contributed by atoms with Gasteiger partial charge in [-0.15, -0.1) is 0 Å². The topological polar surface area (TPSA) is 79.8 Å². The van der Waals surface area contributed by atoms with Crippen LogP contribution in [-0.4, -0.2) is 20.1 Å². The number of halogens is 4. The van der Waals surface area contributed by atoms with E-state index >= 15 is 0 Å². The van der Waals surface area contributed by atoms with Gasteiger partial charge < -0.3 is 10.2 Å². The largest absolute Gasteiger partial charge is 0.416 e. The Morgan fingerprint density at radius 1 is 1.18 bits per heavy atom. The standard InChI is InChI=1S/C17H15BrF3N3O3S/c1-22-28(25,26)12-6-7-14(13(8-12)15-9-16(18)24-27-15)23-11-4-2-10(3-5-11)17(19,20)21/h2-8,15,22-23H,9H2,1H3/t15-/m0/s1. The summed E-state index contributed by atoms with van der Waals surface area (Å²) in [5, 5.41) is 6.82. The van der Waals surface area contributed by atoms with E-state index in [0.717, 1.165) is 12.1 Å². The molecule has 2 aromatic carbocycles. The highest BCUT2D eigenvalue weighted by Crippen LogP contribution is 2.37. The Balaban J connectivity index is 1.95. The Labute approximate surface area is 167 Å². The van der Waals surface area contributed by atoms with Crippen LogP contribution in [-0.2, 0) is 21.0 Å². The predicted molar refractivity (Wildman–Crippen MR) is 102 cm³/mol. The van der Waals surface area contributed by atoms with Crippen LogP contribution in [0.15, 0.2) is 52.5 Å². The summed E-state index contributed by atoms with van der Waals surface area (Å²) in [6.07, 6.45) is -4.57. The first-order valence-corrected chi connectivity index (χ1v) is 10.3. The molecule has 6 nitrogen and oxygen atoms in total. The van der Waals surface area contributed by atoms with Crippen LogP contribution in [0.3, 0.4) is 0 Å². The van der Waals surface area contributed by atoms with Crippen molar-refractivity contribution in [3.8, 4) is 0 Å². The van der Waals surface area contributed by atoms with E-state index in [0.29, 0.717) is 28.0 Å². The molecule has 0 bridgehead atoms. The molecule has 0 aromatic heterocycles. The third-order valence-electron chi connectivity index (χ3n) is 4.07. The fourth-order valence-electron chi connectivity index (χ4n) is 2.62. The molecule has 150 valence electrons. The van der Waals surface area contributed by atoms with Gasteiger partial charge in [0, 0.05) is 23.4 Å². The third-order valence-corrected chi connectivity index (χ3v) is 5.95. The second kappa shape index (κ2) is 7.72. The van der Waals surface area contributed by atoms with Gasteiger partial charge in [0.25, 0.3) is 0 Å². The molecule has 0 fully saturated rings. The number of alkyl halides is 3. The molecule has 0 radical (unpaired) electrons. The number of nitrogens with one attached hydrogen (secondary N) is 2. The maximum absolute atomic E-state index is 12.7. The summed E-state index contributed by atoms with van der Waals surface area (Å²) in [5.41, 5.74) is 0.660. The van der Waals surface area contributed by atoms with Crippen molar-refractivity contribution in [1.29, 1.82) is 0 Å². The summed E-state index contributed by atoms with van der Waals surface area (Å²) in [6.45, 7) is 0. The molecule has 2 N–H and O–H groups in total. The number of oxime groups is 1. The third kappa shape index (κ3) is 4.47. The van der Waals surface area contributed by atoms with Crippen molar-refractivity contribution >= 4 is 41.9 Å². The van der Waals surface area contributed by atoms with Crippen LogP contribution in [0.5, 0.6) is 0 Å². The highest BCUT2D eigenvalue weighted by molar-refractivity contribution is 9.18. The quantitative estimate of drug-likeness (QED) is 0.662. The lowest BCUT2D eigenvalue weighted by Crippen LogP contribution is -2.19. The average molecular weight is 478 g/mol. The highest BCUT2D eigenvalue weighted by Gasteiger charge is 2.30. The van der Waals surface area contributed by atoms with Gasteiger partial charge in [-0.1, -0.05) is 5.16 Å². The van der Waals surface area contributed by atoms with Crippen LogP contribution in [0, 0.1) is 0 Å². The van der Waals surface area contributed by atoms with E-state index in [-0.39, 0.29) is 4.90 Å². The van der Waals surface area contributed by atoms with Gasteiger partial charge in [0.1, 0.15) is 4.62 Å². The fraction of sp³-hybridized carbons (Fsp3) is 0.235. The summed E-state index contributed by atoms with van der Waals surface area (Å²) in [5.74, 6) is 0. The molecule has 0 aliphatic carbocycles. The summed E-state index contributed by atoms with van der Waals surface area (Å²) in [6, 6.07) is 8.91. The van der Waals surface area contributed by atoms with Gasteiger partial charge in [-0.25, -0.2) is 13.1 Å². The normalized spacial score (nSPS) is 17.2. The van der Waals surface area contributed by atoms with Crippen molar-refractivity contribution in [1.82, 2.24) is 4.72 Å². The molecule has 3 rings (SSSR count). The molecule has 11 heteroatoms. The van der Waals surface area contributed by atoms with E-state index in [1.807, 2.05) is 0 Å². The number of sulfonamides is 1. The summed E-state index contributed by atoms with van der Waals surface area (Å²) in [4.78, 5) is 5.37. The van der Waals surface area contributed by atoms with Gasteiger partial charge in [0.05, 0.1) is 10.5 Å². The van der Waals surface area contributed by atoms with Crippen LogP contribution in [0.25, 0.3) is 0 Å². The number of hydrogen-bond donors (Lipinski definition) is 2. The molecule has 1 aliphatic rings. The first-order chi connectivity index (χ1) is 13.1. The first kappa shape index (κ1) is 20.6. The Hall–Kier alpha value is -2.11. The number of nitrogens with zero attached hydrogens (tertiary/aromatic N) is 1. The number of hydrogen-bond acceptors (Lipinski definition) is 5. The molecular weight excluding hydrogens is 463 g/mol. The van der Waals surface area contributed by atoms with Crippen molar-refractivity contribution in [2.75, 3.05) is 12.4 Å². The second-order valence-electron chi connectivity index (χ2n) is 5.92. The maximum Gasteiger partial charge on any atom is 0.416 e. The zero-order valence-electron chi connectivity index (χ0n) is 14.4. The highest BCUT2D eigenvalue weighted by atomic mass is 79.9. The van der Waals surface area contributed by atoms with Gasteiger partial charge in [-0.2, -0.15) is 13.2 Å². The molecule has 0 saturated carbocycles. The Morgan fingerprint density at radius 3 is 2.39 bits per heavy atom. The summed E-state index contributed by atoms with van der Waals surface area (Å²) >= 11 is 3.23. The fourth-order valence-corrected chi connectivity index (χ4v) is 3.76. The van der Waals surface area contributed by atoms with E-state index in [4.69, 9.17) is 4.84 Å². The SMILES string of the molecule is CNS(=O)(=O)c1ccc(Nc2ccc(C(F)(F)F)cc2)c([C@@H]2CC(Br)=NO2)c1. The lowest BCUT2D eigenvalue weighted by atomic mass is 10.0. The van der Waals surface area contributed by atoms with Crippen LogP contribution in [0.1, 0.15) is 23.7 Å².